The number of rotatable bonds is 8. The molecule has 7 rings (SSSR count). The maximum absolute atomic E-state index is 13.2. The van der Waals surface area contributed by atoms with Gasteiger partial charge in [-0.2, -0.15) is 0 Å². The number of benzene rings is 1. The molecule has 0 saturated carbocycles. The van der Waals surface area contributed by atoms with E-state index in [4.69, 9.17) is 4.74 Å². The second-order valence-corrected chi connectivity index (χ2v) is 12.7. The van der Waals surface area contributed by atoms with Gasteiger partial charge in [-0.15, -0.1) is 0 Å². The first-order chi connectivity index (χ1) is 23.8. The molecule has 3 aromatic heterocycles. The molecule has 0 spiro atoms. The quantitative estimate of drug-likeness (QED) is 0.242. The Morgan fingerprint density at radius 3 is 2.63 bits per heavy atom. The molecule has 0 bridgehead atoms. The highest BCUT2D eigenvalue weighted by Crippen LogP contribution is 2.30. The van der Waals surface area contributed by atoms with Gasteiger partial charge in [0.25, 0.3) is 17.7 Å². The van der Waals surface area contributed by atoms with Crippen LogP contribution in [0.25, 0.3) is 22.3 Å². The fourth-order valence-corrected chi connectivity index (χ4v) is 6.48. The van der Waals surface area contributed by atoms with Crippen LogP contribution < -0.4 is 15.5 Å². The highest BCUT2D eigenvalue weighted by Gasteiger charge is 2.43. The maximum Gasteiger partial charge on any atom is 0.296 e. The lowest BCUT2D eigenvalue weighted by atomic mass is 10.0. The molecule has 3 aliphatic heterocycles. The summed E-state index contributed by atoms with van der Waals surface area (Å²) >= 11 is 0. The van der Waals surface area contributed by atoms with Crippen LogP contribution in [0.4, 0.5) is 20.3 Å². The highest BCUT2D eigenvalue weighted by atomic mass is 19.3. The molecule has 49 heavy (non-hydrogen) atoms. The number of H-pyrrole nitrogens is 1. The molecule has 1 atom stereocenters. The molecule has 3 saturated heterocycles. The Hall–Kier alpha value is -4.97. The molecule has 14 heteroatoms. The van der Waals surface area contributed by atoms with Crippen molar-refractivity contribution in [2.45, 2.75) is 31.4 Å². The van der Waals surface area contributed by atoms with Crippen LogP contribution in [0.3, 0.4) is 0 Å². The summed E-state index contributed by atoms with van der Waals surface area (Å²) in [5.74, 6) is 2.74. The minimum absolute atomic E-state index is 0.0689. The number of piperidine rings is 1. The number of carbonyl (C=O) groups excluding carboxylic acids is 2. The van der Waals surface area contributed by atoms with Crippen molar-refractivity contribution in [1.29, 1.82) is 0 Å². The fraction of sp³-hybridized carbons (Fsp3) is 0.400. The van der Waals surface area contributed by atoms with Crippen molar-refractivity contribution in [2.24, 2.45) is 0 Å². The van der Waals surface area contributed by atoms with Gasteiger partial charge in [-0.05, 0) is 66.8 Å². The fourth-order valence-electron chi connectivity index (χ4n) is 6.48. The number of morpholine rings is 1. The lowest BCUT2D eigenvalue weighted by molar-refractivity contribution is -0.125. The molecule has 0 aliphatic carbocycles. The van der Waals surface area contributed by atoms with Crippen LogP contribution in [-0.4, -0.2) is 113 Å². The first kappa shape index (κ1) is 32.6. The zero-order valence-corrected chi connectivity index (χ0v) is 26.9. The third-order valence-electron chi connectivity index (χ3n) is 8.89. The summed E-state index contributed by atoms with van der Waals surface area (Å²) in [5.41, 5.74) is 4.51. The molecule has 3 aliphatic rings. The van der Waals surface area contributed by atoms with Crippen molar-refractivity contribution in [1.82, 2.24) is 35.1 Å². The van der Waals surface area contributed by atoms with Crippen molar-refractivity contribution in [3.8, 4) is 23.1 Å². The van der Waals surface area contributed by atoms with Crippen LogP contribution in [0.15, 0.2) is 55.0 Å². The third-order valence-corrected chi connectivity index (χ3v) is 8.89. The van der Waals surface area contributed by atoms with Crippen molar-refractivity contribution >= 4 is 34.4 Å². The average Bonchev–Trinajstić information content (AvgIpc) is 3.53. The smallest absolute Gasteiger partial charge is 0.296 e. The second-order valence-electron chi connectivity index (χ2n) is 12.7. The van der Waals surface area contributed by atoms with E-state index in [0.717, 1.165) is 66.1 Å². The molecule has 3 N–H and O–H groups in total. The summed E-state index contributed by atoms with van der Waals surface area (Å²) < 4.78 is 31.4. The molecule has 6 heterocycles. The van der Waals surface area contributed by atoms with Gasteiger partial charge in [-0.1, -0.05) is 18.1 Å². The van der Waals surface area contributed by atoms with E-state index in [9.17, 15) is 18.4 Å². The molecule has 3 fully saturated rings. The Morgan fingerprint density at radius 1 is 1.02 bits per heavy atom. The van der Waals surface area contributed by atoms with E-state index in [0.29, 0.717) is 37.7 Å². The van der Waals surface area contributed by atoms with Crippen LogP contribution in [-0.2, 0) is 16.1 Å². The Kier molecular flexibility index (Phi) is 9.47. The molecule has 12 nitrogen and oxygen atoms in total. The molecular formula is C35H37F2N9O3. The second kappa shape index (κ2) is 14.3. The first-order valence-corrected chi connectivity index (χ1v) is 16.4. The van der Waals surface area contributed by atoms with Gasteiger partial charge in [-0.25, -0.2) is 18.7 Å². The topological polar surface area (TPSA) is 132 Å². The number of anilines is 2. The van der Waals surface area contributed by atoms with Crippen molar-refractivity contribution in [3.63, 3.8) is 0 Å². The number of hydrogen-bond acceptors (Lipinski definition) is 9. The van der Waals surface area contributed by atoms with Crippen molar-refractivity contribution in [2.75, 3.05) is 69.2 Å². The van der Waals surface area contributed by atoms with Crippen LogP contribution in [0.5, 0.6) is 0 Å². The van der Waals surface area contributed by atoms with Gasteiger partial charge in [0.1, 0.15) is 23.5 Å². The number of nitrogens with one attached hydrogen (secondary N) is 3. The number of carbonyl (C=O) groups is 2. The van der Waals surface area contributed by atoms with E-state index in [1.165, 1.54) is 4.90 Å². The molecular weight excluding hydrogens is 632 g/mol. The monoisotopic (exact) mass is 669 g/mol. The number of aromatic nitrogens is 4. The van der Waals surface area contributed by atoms with E-state index in [1.807, 2.05) is 30.3 Å². The third kappa shape index (κ3) is 8.02. The molecule has 0 unspecified atom stereocenters. The predicted octanol–water partition coefficient (Wildman–Crippen LogP) is 3.14. The summed E-state index contributed by atoms with van der Waals surface area (Å²) in [5, 5.41) is 6.84. The summed E-state index contributed by atoms with van der Waals surface area (Å²) in [4.78, 5) is 48.1. The van der Waals surface area contributed by atoms with E-state index in [1.54, 1.807) is 18.6 Å². The van der Waals surface area contributed by atoms with Gasteiger partial charge >= 0.3 is 0 Å². The van der Waals surface area contributed by atoms with Gasteiger partial charge in [0.2, 0.25) is 0 Å². The Labute approximate surface area is 282 Å². The van der Waals surface area contributed by atoms with Gasteiger partial charge in [0.05, 0.1) is 38.2 Å². The van der Waals surface area contributed by atoms with Crippen LogP contribution in [0.1, 0.15) is 28.9 Å². The number of ether oxygens (including phenoxy) is 1. The van der Waals surface area contributed by atoms with Gasteiger partial charge in [-0.3, -0.25) is 24.4 Å². The average molecular weight is 670 g/mol. The van der Waals surface area contributed by atoms with E-state index < -0.39 is 11.8 Å². The number of fused-ring (bicyclic) bond motifs is 1. The predicted molar refractivity (Wildman–Crippen MR) is 180 cm³/mol. The normalized spacial score (nSPS) is 19.5. The lowest BCUT2D eigenvalue weighted by Gasteiger charge is -2.37. The maximum atomic E-state index is 13.2. The van der Waals surface area contributed by atoms with Crippen molar-refractivity contribution in [3.05, 3.63) is 66.2 Å². The molecule has 254 valence electrons. The zero-order chi connectivity index (χ0) is 33.8. The number of pyridine rings is 1. The largest absolute Gasteiger partial charge is 0.378 e. The number of amides is 2. The number of nitrogens with zero attached hydrogens (tertiary/aromatic N) is 6. The summed E-state index contributed by atoms with van der Waals surface area (Å²) in [7, 11) is 0. The summed E-state index contributed by atoms with van der Waals surface area (Å²) in [6, 6.07) is 13.2. The number of aromatic amines is 1. The van der Waals surface area contributed by atoms with Crippen molar-refractivity contribution < 1.29 is 23.1 Å². The zero-order valence-electron chi connectivity index (χ0n) is 26.9. The Balaban J connectivity index is 0.923. The number of alkyl halides is 2. The standard InChI is InChI=1S/C35H37F2N9O3/c36-35(37)21-45(22-35)12-2-4-31(47)41-27-3-1-11-44(20-27)19-24-9-10-38-30(17-24)34(48)42-26-7-5-25(6-8-26)29-18-28-32(43-29)39-23-40-33(28)46-13-15-49-16-14-46/h5-10,17-18,23,27H,1,3,11-16,19-22H2,(H,41,47)(H,42,48)(H,39,40,43)/t27-/m1/s1. The van der Waals surface area contributed by atoms with Crippen LogP contribution in [0, 0.1) is 11.8 Å². The number of likely N-dealkylation sites (tertiary alicyclic amines) is 2. The summed E-state index contributed by atoms with van der Waals surface area (Å²) in [6.07, 6.45) is 4.93. The molecule has 1 aromatic carbocycles. The Morgan fingerprint density at radius 2 is 1.84 bits per heavy atom. The van der Waals surface area contributed by atoms with Crippen LogP contribution in [0.2, 0.25) is 0 Å². The Bertz CT molecular complexity index is 1870. The van der Waals surface area contributed by atoms with E-state index in [-0.39, 0.29) is 31.6 Å². The van der Waals surface area contributed by atoms with E-state index >= 15 is 0 Å². The lowest BCUT2D eigenvalue weighted by Crippen LogP contribution is -2.56. The molecule has 2 amide bonds. The highest BCUT2D eigenvalue weighted by molar-refractivity contribution is 6.03. The molecule has 0 radical (unpaired) electrons. The van der Waals surface area contributed by atoms with Crippen LogP contribution >= 0.6 is 0 Å². The van der Waals surface area contributed by atoms with Gasteiger partial charge in [0.15, 0.2) is 0 Å². The minimum Gasteiger partial charge on any atom is -0.378 e. The van der Waals surface area contributed by atoms with Gasteiger partial charge in [0, 0.05) is 49.8 Å². The number of hydrogen-bond donors (Lipinski definition) is 3. The first-order valence-electron chi connectivity index (χ1n) is 16.4. The number of halogens is 2. The summed E-state index contributed by atoms with van der Waals surface area (Å²) in [6.45, 7) is 4.52. The minimum atomic E-state index is -2.65. The van der Waals surface area contributed by atoms with Gasteiger partial charge < -0.3 is 25.3 Å². The van der Waals surface area contributed by atoms with E-state index in [2.05, 4.69) is 58.3 Å². The molecule has 4 aromatic rings. The SMILES string of the molecule is O=C(C#CCN1CC(F)(F)C1)N[C@@H]1CCCN(Cc2ccnc(C(=O)Nc3ccc(-c4cc5c(N6CCOCC6)ncnc5[nH]4)cc3)c2)C1.